The lowest BCUT2D eigenvalue weighted by molar-refractivity contribution is -0.147. The Morgan fingerprint density at radius 3 is 1.83 bits per heavy atom. The maximum atomic E-state index is 11.2. The zero-order valence-electron chi connectivity index (χ0n) is 18.0. The molecule has 0 aliphatic carbocycles. The number of hydrogen-bond acceptors (Lipinski definition) is 4. The Hall–Kier alpha value is -2.27. The molecular formula is C24H34O5. The highest BCUT2D eigenvalue weighted by Crippen LogP contribution is 2.25. The lowest BCUT2D eigenvalue weighted by Gasteiger charge is -2.20. The Kier molecular flexibility index (Phi) is 7.91. The van der Waals surface area contributed by atoms with Crippen LogP contribution in [-0.4, -0.2) is 22.8 Å². The van der Waals surface area contributed by atoms with Crippen LogP contribution in [0.15, 0.2) is 33.1 Å². The topological polar surface area (TPSA) is 83.8 Å². The number of furan rings is 2. The standard InChI is InChI=1S/C24H34O5/c1-23(2,17-25)15-5-7-18-9-11-20(28-18)13-14-21-12-10-19(29-21)8-6-16-24(3,4)22(26)27/h9-14,25H,5-8,15-17H2,1-4H3,(H,26,27). The quantitative estimate of drug-likeness (QED) is 0.467. The van der Waals surface area contributed by atoms with Crippen molar-refractivity contribution in [2.24, 2.45) is 10.8 Å². The molecule has 0 aliphatic rings. The molecule has 0 aromatic carbocycles. The van der Waals surface area contributed by atoms with Gasteiger partial charge in [-0.25, -0.2) is 0 Å². The summed E-state index contributed by atoms with van der Waals surface area (Å²) in [7, 11) is 0. The third kappa shape index (κ3) is 7.58. The number of rotatable bonds is 12. The fourth-order valence-corrected chi connectivity index (χ4v) is 3.03. The second kappa shape index (κ2) is 9.97. The van der Waals surface area contributed by atoms with Crippen molar-refractivity contribution in [3.05, 3.63) is 47.3 Å². The van der Waals surface area contributed by atoms with Crippen molar-refractivity contribution >= 4 is 18.1 Å². The van der Waals surface area contributed by atoms with Gasteiger partial charge in [0.1, 0.15) is 23.0 Å². The van der Waals surface area contributed by atoms with Gasteiger partial charge in [0.2, 0.25) is 0 Å². The lowest BCUT2D eigenvalue weighted by atomic mass is 9.87. The van der Waals surface area contributed by atoms with Gasteiger partial charge in [0.15, 0.2) is 0 Å². The molecule has 0 spiro atoms. The lowest BCUT2D eigenvalue weighted by Crippen LogP contribution is -2.23. The smallest absolute Gasteiger partial charge is 0.309 e. The van der Waals surface area contributed by atoms with Crippen molar-refractivity contribution < 1.29 is 23.8 Å². The predicted octanol–water partition coefficient (Wildman–Crippen LogP) is 5.82. The summed E-state index contributed by atoms with van der Waals surface area (Å²) in [5, 5.41) is 18.5. The normalized spacial score (nSPS) is 12.7. The second-order valence-electron chi connectivity index (χ2n) is 9.16. The van der Waals surface area contributed by atoms with E-state index in [2.05, 4.69) is 13.8 Å². The zero-order valence-corrected chi connectivity index (χ0v) is 18.0. The molecule has 2 N–H and O–H groups in total. The van der Waals surface area contributed by atoms with Crippen LogP contribution >= 0.6 is 0 Å². The number of hydrogen-bond donors (Lipinski definition) is 2. The molecule has 0 unspecified atom stereocenters. The summed E-state index contributed by atoms with van der Waals surface area (Å²) in [6.07, 6.45) is 8.65. The average Bonchev–Trinajstić information content (AvgIpc) is 3.29. The molecule has 2 aromatic heterocycles. The second-order valence-corrected chi connectivity index (χ2v) is 9.16. The van der Waals surface area contributed by atoms with Gasteiger partial charge >= 0.3 is 5.97 Å². The van der Waals surface area contributed by atoms with Gasteiger partial charge in [0.25, 0.3) is 0 Å². The molecule has 0 saturated heterocycles. The maximum absolute atomic E-state index is 11.2. The van der Waals surface area contributed by atoms with E-state index in [1.54, 1.807) is 13.8 Å². The Balaban J connectivity index is 1.81. The molecule has 0 aliphatic heterocycles. The Morgan fingerprint density at radius 2 is 1.38 bits per heavy atom. The minimum atomic E-state index is -0.768. The minimum Gasteiger partial charge on any atom is -0.481 e. The van der Waals surface area contributed by atoms with Crippen molar-refractivity contribution in [1.82, 2.24) is 0 Å². The summed E-state index contributed by atoms with van der Waals surface area (Å²) in [5.74, 6) is 2.57. The average molecular weight is 403 g/mol. The van der Waals surface area contributed by atoms with Crippen LogP contribution in [-0.2, 0) is 17.6 Å². The molecule has 5 nitrogen and oxygen atoms in total. The summed E-state index contributed by atoms with van der Waals surface area (Å²) >= 11 is 0. The highest BCUT2D eigenvalue weighted by Gasteiger charge is 2.26. The Bertz CT molecular complexity index is 807. The number of aryl methyl sites for hydroxylation is 2. The molecule has 0 radical (unpaired) electrons. The van der Waals surface area contributed by atoms with Gasteiger partial charge in [-0.1, -0.05) is 13.8 Å². The van der Waals surface area contributed by atoms with Crippen LogP contribution in [0, 0.1) is 10.8 Å². The minimum absolute atomic E-state index is 0.0459. The number of carboxylic acid groups (broad SMARTS) is 1. The molecule has 2 aromatic rings. The van der Waals surface area contributed by atoms with E-state index in [9.17, 15) is 9.90 Å². The summed E-state index contributed by atoms with van der Waals surface area (Å²) in [6.45, 7) is 7.82. The first kappa shape index (κ1) is 23.0. The molecule has 2 rings (SSSR count). The van der Waals surface area contributed by atoms with Crippen molar-refractivity contribution in [2.75, 3.05) is 6.61 Å². The number of aliphatic carboxylic acids is 1. The molecule has 2 heterocycles. The molecule has 0 fully saturated rings. The van der Waals surface area contributed by atoms with Crippen molar-refractivity contribution in [2.45, 2.75) is 66.2 Å². The first-order chi connectivity index (χ1) is 13.6. The fraction of sp³-hybridized carbons (Fsp3) is 0.542. The van der Waals surface area contributed by atoms with E-state index >= 15 is 0 Å². The van der Waals surface area contributed by atoms with Gasteiger partial charge in [0.05, 0.1) is 5.41 Å². The summed E-state index contributed by atoms with van der Waals surface area (Å²) in [5.41, 5.74) is -0.754. The van der Waals surface area contributed by atoms with Gasteiger partial charge in [-0.3, -0.25) is 4.79 Å². The Morgan fingerprint density at radius 1 is 0.897 bits per heavy atom. The van der Waals surface area contributed by atoms with Crippen LogP contribution in [0.25, 0.3) is 12.2 Å². The molecule has 5 heteroatoms. The van der Waals surface area contributed by atoms with Crippen molar-refractivity contribution in [3.8, 4) is 0 Å². The first-order valence-corrected chi connectivity index (χ1v) is 10.3. The van der Waals surface area contributed by atoms with Gasteiger partial charge in [0, 0.05) is 19.4 Å². The maximum Gasteiger partial charge on any atom is 0.309 e. The number of aliphatic hydroxyl groups is 1. The van der Waals surface area contributed by atoms with E-state index in [1.165, 1.54) is 0 Å². The van der Waals surface area contributed by atoms with Crippen molar-refractivity contribution in [1.29, 1.82) is 0 Å². The van der Waals surface area contributed by atoms with E-state index in [0.717, 1.165) is 55.1 Å². The van der Waals surface area contributed by atoms with Gasteiger partial charge in [-0.15, -0.1) is 0 Å². The monoisotopic (exact) mass is 402 g/mol. The van der Waals surface area contributed by atoms with Gasteiger partial charge in [-0.2, -0.15) is 0 Å². The largest absolute Gasteiger partial charge is 0.481 e. The van der Waals surface area contributed by atoms with E-state index in [1.807, 2.05) is 36.4 Å². The summed E-state index contributed by atoms with van der Waals surface area (Å²) in [4.78, 5) is 11.2. The SMILES string of the molecule is CC(C)(CO)CCCc1ccc(C=Cc2ccc(CCCC(C)(C)C(=O)O)o2)o1. The van der Waals surface area contributed by atoms with Gasteiger partial charge < -0.3 is 19.0 Å². The number of aliphatic hydroxyl groups excluding tert-OH is 1. The fourth-order valence-electron chi connectivity index (χ4n) is 3.03. The Labute approximate surface area is 173 Å². The van der Waals surface area contributed by atoms with E-state index in [-0.39, 0.29) is 12.0 Å². The molecule has 0 atom stereocenters. The predicted molar refractivity (Wildman–Crippen MR) is 115 cm³/mol. The van der Waals surface area contributed by atoms with Gasteiger partial charge in [-0.05, 0) is 81.4 Å². The first-order valence-electron chi connectivity index (χ1n) is 10.3. The summed E-state index contributed by atoms with van der Waals surface area (Å²) < 4.78 is 11.6. The highest BCUT2D eigenvalue weighted by atomic mass is 16.4. The third-order valence-corrected chi connectivity index (χ3v) is 5.29. The number of carbonyl (C=O) groups is 1. The van der Waals surface area contributed by atoms with Crippen LogP contribution < -0.4 is 0 Å². The highest BCUT2D eigenvalue weighted by molar-refractivity contribution is 5.73. The summed E-state index contributed by atoms with van der Waals surface area (Å²) in [6, 6.07) is 7.78. The molecular weight excluding hydrogens is 368 g/mol. The van der Waals surface area contributed by atoms with E-state index in [4.69, 9.17) is 13.9 Å². The van der Waals surface area contributed by atoms with Crippen LogP contribution in [0.2, 0.25) is 0 Å². The van der Waals surface area contributed by atoms with Crippen LogP contribution in [0.5, 0.6) is 0 Å². The van der Waals surface area contributed by atoms with E-state index in [0.29, 0.717) is 6.42 Å². The number of carboxylic acids is 1. The molecule has 29 heavy (non-hydrogen) atoms. The van der Waals surface area contributed by atoms with Crippen molar-refractivity contribution in [3.63, 3.8) is 0 Å². The molecule has 0 amide bonds. The molecule has 160 valence electrons. The van der Waals surface area contributed by atoms with Crippen LogP contribution in [0.4, 0.5) is 0 Å². The molecule has 0 saturated carbocycles. The zero-order chi connectivity index (χ0) is 21.5. The van der Waals surface area contributed by atoms with E-state index < -0.39 is 11.4 Å². The van der Waals surface area contributed by atoms with Crippen LogP contribution in [0.1, 0.15) is 76.4 Å². The molecule has 0 bridgehead atoms. The van der Waals surface area contributed by atoms with Crippen LogP contribution in [0.3, 0.4) is 0 Å². The third-order valence-electron chi connectivity index (χ3n) is 5.29.